The monoisotopic (exact) mass is 338 g/mol. The molecule has 0 spiro atoms. The number of rotatable bonds is 2. The third-order valence-electron chi connectivity index (χ3n) is 4.21. The van der Waals surface area contributed by atoms with Crippen LogP contribution in [0.2, 0.25) is 0 Å². The molecule has 0 aliphatic carbocycles. The first-order chi connectivity index (χ1) is 10.9. The quantitative estimate of drug-likeness (QED) is 0.819. The average molecular weight is 338 g/mol. The fraction of sp³-hybridized carbons (Fsp3) is 0.562. The molecule has 0 unspecified atom stereocenters. The van der Waals surface area contributed by atoms with Crippen molar-refractivity contribution in [3.63, 3.8) is 0 Å². The predicted molar refractivity (Wildman–Crippen MR) is 88.1 cm³/mol. The lowest BCUT2D eigenvalue weighted by Crippen LogP contribution is -2.48. The molecule has 2 fully saturated rings. The number of morpholine rings is 1. The number of ether oxygens (including phenoxy) is 1. The first-order valence-corrected chi connectivity index (χ1v) is 9.53. The molecular formula is C16H22N2O4S. The van der Waals surface area contributed by atoms with E-state index in [4.69, 9.17) is 4.74 Å². The summed E-state index contributed by atoms with van der Waals surface area (Å²) in [4.78, 5) is 14.4. The van der Waals surface area contributed by atoms with Crippen molar-refractivity contribution in [2.75, 3.05) is 29.7 Å². The Kier molecular flexibility index (Phi) is 4.33. The van der Waals surface area contributed by atoms with E-state index < -0.39 is 10.0 Å². The third-order valence-corrected chi connectivity index (χ3v) is 6.08. The number of hydrogen-bond acceptors (Lipinski definition) is 4. The molecule has 2 aliphatic heterocycles. The highest BCUT2D eigenvalue weighted by Gasteiger charge is 2.29. The van der Waals surface area contributed by atoms with Gasteiger partial charge in [0.2, 0.25) is 10.0 Å². The SMILES string of the molecule is C[C@@H]1CN(C(=O)c2ccc(N3CCCS3(=O)=O)cc2)C[C@H](C)O1. The molecular weight excluding hydrogens is 316 g/mol. The van der Waals surface area contributed by atoms with Gasteiger partial charge in [0.25, 0.3) is 5.91 Å². The highest BCUT2D eigenvalue weighted by Crippen LogP contribution is 2.24. The van der Waals surface area contributed by atoms with Gasteiger partial charge in [-0.25, -0.2) is 8.42 Å². The summed E-state index contributed by atoms with van der Waals surface area (Å²) in [5, 5.41) is 0. The van der Waals surface area contributed by atoms with E-state index in [1.54, 1.807) is 29.2 Å². The number of hydrogen-bond donors (Lipinski definition) is 0. The summed E-state index contributed by atoms with van der Waals surface area (Å²) in [6, 6.07) is 6.83. The molecule has 23 heavy (non-hydrogen) atoms. The number of carbonyl (C=O) groups excluding carboxylic acids is 1. The lowest BCUT2D eigenvalue weighted by molar-refractivity contribution is -0.0586. The van der Waals surface area contributed by atoms with Crippen molar-refractivity contribution < 1.29 is 17.9 Å². The fourth-order valence-electron chi connectivity index (χ4n) is 3.23. The Balaban J connectivity index is 1.75. The summed E-state index contributed by atoms with van der Waals surface area (Å²) in [7, 11) is -3.19. The first kappa shape index (κ1) is 16.3. The van der Waals surface area contributed by atoms with Crippen LogP contribution in [0.15, 0.2) is 24.3 Å². The van der Waals surface area contributed by atoms with Gasteiger partial charge in [-0.3, -0.25) is 9.10 Å². The molecule has 2 saturated heterocycles. The lowest BCUT2D eigenvalue weighted by atomic mass is 10.1. The number of anilines is 1. The largest absolute Gasteiger partial charge is 0.372 e. The van der Waals surface area contributed by atoms with E-state index in [9.17, 15) is 13.2 Å². The predicted octanol–water partition coefficient (Wildman–Crippen LogP) is 1.48. The smallest absolute Gasteiger partial charge is 0.254 e. The zero-order valence-electron chi connectivity index (χ0n) is 13.4. The normalized spacial score (nSPS) is 27.2. The number of benzene rings is 1. The minimum atomic E-state index is -3.19. The molecule has 2 aliphatic rings. The maximum Gasteiger partial charge on any atom is 0.254 e. The molecule has 7 heteroatoms. The van der Waals surface area contributed by atoms with Crippen molar-refractivity contribution in [1.82, 2.24) is 4.90 Å². The Morgan fingerprint density at radius 1 is 1.13 bits per heavy atom. The van der Waals surface area contributed by atoms with Gasteiger partial charge in [0, 0.05) is 25.2 Å². The standard InChI is InChI=1S/C16H22N2O4S/c1-12-10-17(11-13(2)22-12)16(19)14-4-6-15(7-5-14)18-8-3-9-23(18,20)21/h4-7,12-13H,3,8-11H2,1-2H3/t12-,13+. The van der Waals surface area contributed by atoms with E-state index in [0.717, 1.165) is 0 Å². The van der Waals surface area contributed by atoms with Crippen LogP contribution in [0, 0.1) is 0 Å². The molecule has 0 radical (unpaired) electrons. The second-order valence-electron chi connectivity index (χ2n) is 6.26. The van der Waals surface area contributed by atoms with Crippen LogP contribution in [0.25, 0.3) is 0 Å². The van der Waals surface area contributed by atoms with Crippen LogP contribution >= 0.6 is 0 Å². The van der Waals surface area contributed by atoms with E-state index in [2.05, 4.69) is 0 Å². The second kappa shape index (κ2) is 6.13. The van der Waals surface area contributed by atoms with Gasteiger partial charge in [0.15, 0.2) is 0 Å². The highest BCUT2D eigenvalue weighted by molar-refractivity contribution is 7.93. The van der Waals surface area contributed by atoms with Crippen molar-refractivity contribution >= 4 is 21.6 Å². The van der Waals surface area contributed by atoms with Gasteiger partial charge in [0.1, 0.15) is 0 Å². The molecule has 126 valence electrons. The Labute approximate surface area is 137 Å². The van der Waals surface area contributed by atoms with Crippen molar-refractivity contribution in [3.05, 3.63) is 29.8 Å². The molecule has 1 amide bonds. The van der Waals surface area contributed by atoms with Crippen LogP contribution in [0.3, 0.4) is 0 Å². The molecule has 0 saturated carbocycles. The number of nitrogens with zero attached hydrogens (tertiary/aromatic N) is 2. The summed E-state index contributed by atoms with van der Waals surface area (Å²) in [6.45, 7) is 5.57. The molecule has 0 bridgehead atoms. The average Bonchev–Trinajstić information content (AvgIpc) is 2.85. The number of carbonyl (C=O) groups is 1. The van der Waals surface area contributed by atoms with Gasteiger partial charge in [-0.1, -0.05) is 0 Å². The van der Waals surface area contributed by atoms with E-state index in [1.165, 1.54) is 4.31 Å². The van der Waals surface area contributed by atoms with E-state index in [1.807, 2.05) is 13.8 Å². The summed E-state index contributed by atoms with van der Waals surface area (Å²) < 4.78 is 30.9. The van der Waals surface area contributed by atoms with Crippen LogP contribution in [-0.2, 0) is 14.8 Å². The molecule has 6 nitrogen and oxygen atoms in total. The first-order valence-electron chi connectivity index (χ1n) is 7.92. The Hall–Kier alpha value is -1.60. The molecule has 2 atom stereocenters. The van der Waals surface area contributed by atoms with Crippen molar-refractivity contribution in [1.29, 1.82) is 0 Å². The van der Waals surface area contributed by atoms with Gasteiger partial charge in [-0.2, -0.15) is 0 Å². The van der Waals surface area contributed by atoms with Gasteiger partial charge < -0.3 is 9.64 Å². The van der Waals surface area contributed by atoms with Crippen LogP contribution in [0.1, 0.15) is 30.6 Å². The summed E-state index contributed by atoms with van der Waals surface area (Å²) in [6.07, 6.45) is 0.695. The van der Waals surface area contributed by atoms with E-state index >= 15 is 0 Å². The highest BCUT2D eigenvalue weighted by atomic mass is 32.2. The topological polar surface area (TPSA) is 66.9 Å². The molecule has 1 aromatic rings. The number of sulfonamides is 1. The Bertz CT molecular complexity index is 677. The number of amides is 1. The summed E-state index contributed by atoms with van der Waals surface area (Å²) in [5.74, 6) is 0.153. The maximum absolute atomic E-state index is 12.6. The fourth-order valence-corrected chi connectivity index (χ4v) is 4.79. The molecule has 0 aromatic heterocycles. The van der Waals surface area contributed by atoms with Gasteiger partial charge in [-0.15, -0.1) is 0 Å². The molecule has 2 heterocycles. The Morgan fingerprint density at radius 3 is 2.26 bits per heavy atom. The zero-order valence-corrected chi connectivity index (χ0v) is 14.3. The van der Waals surface area contributed by atoms with Gasteiger partial charge in [0.05, 0.1) is 23.6 Å². The summed E-state index contributed by atoms with van der Waals surface area (Å²) >= 11 is 0. The van der Waals surface area contributed by atoms with E-state index in [0.29, 0.717) is 37.3 Å². The van der Waals surface area contributed by atoms with Gasteiger partial charge in [-0.05, 0) is 44.5 Å². The van der Waals surface area contributed by atoms with Crippen molar-refractivity contribution in [3.8, 4) is 0 Å². The van der Waals surface area contributed by atoms with E-state index in [-0.39, 0.29) is 23.9 Å². The lowest BCUT2D eigenvalue weighted by Gasteiger charge is -2.35. The second-order valence-corrected chi connectivity index (χ2v) is 8.27. The molecule has 0 N–H and O–H groups in total. The molecule has 3 rings (SSSR count). The third kappa shape index (κ3) is 3.35. The van der Waals surface area contributed by atoms with Crippen molar-refractivity contribution in [2.24, 2.45) is 0 Å². The van der Waals surface area contributed by atoms with Gasteiger partial charge >= 0.3 is 0 Å². The van der Waals surface area contributed by atoms with Crippen LogP contribution in [0.4, 0.5) is 5.69 Å². The van der Waals surface area contributed by atoms with Crippen LogP contribution < -0.4 is 4.31 Å². The zero-order chi connectivity index (χ0) is 16.6. The Morgan fingerprint density at radius 2 is 1.74 bits per heavy atom. The minimum Gasteiger partial charge on any atom is -0.372 e. The minimum absolute atomic E-state index is 0.0247. The summed E-state index contributed by atoms with van der Waals surface area (Å²) in [5.41, 5.74) is 1.20. The maximum atomic E-state index is 12.6. The van der Waals surface area contributed by atoms with Crippen LogP contribution in [0.5, 0.6) is 0 Å². The van der Waals surface area contributed by atoms with Crippen molar-refractivity contribution in [2.45, 2.75) is 32.5 Å². The van der Waals surface area contributed by atoms with Crippen LogP contribution in [-0.4, -0.2) is 56.8 Å². The molecule has 1 aromatic carbocycles.